The molecule has 0 aliphatic heterocycles. The summed E-state index contributed by atoms with van der Waals surface area (Å²) in [5, 5.41) is 3.22. The van der Waals surface area contributed by atoms with Crippen LogP contribution < -0.4 is 11.1 Å². The Bertz CT molecular complexity index is 382. The van der Waals surface area contributed by atoms with Gasteiger partial charge in [-0.05, 0) is 24.3 Å². The van der Waals surface area contributed by atoms with Crippen LogP contribution in [0.3, 0.4) is 0 Å². The second kappa shape index (κ2) is 6.43. The Balaban J connectivity index is 1.74. The summed E-state index contributed by atoms with van der Waals surface area (Å²) < 4.78 is 0. The predicted octanol–water partition coefficient (Wildman–Crippen LogP) is 2.49. The van der Waals surface area contributed by atoms with Crippen LogP contribution in [0.25, 0.3) is 0 Å². The average molecular weight is 245 g/mol. The molecular formula is C15H23N3. The van der Waals surface area contributed by atoms with E-state index >= 15 is 0 Å². The quantitative estimate of drug-likeness (QED) is 0.618. The first-order valence-electron chi connectivity index (χ1n) is 6.84. The lowest BCUT2D eigenvalue weighted by atomic mass is 9.85. The maximum Gasteiger partial charge on any atom is 0.188 e. The highest BCUT2D eigenvalue weighted by atomic mass is 15.1. The van der Waals surface area contributed by atoms with Crippen molar-refractivity contribution >= 4 is 5.96 Å². The van der Waals surface area contributed by atoms with E-state index in [1.807, 2.05) is 6.07 Å². The molecule has 1 fully saturated rings. The molecule has 0 aromatic heterocycles. The maximum absolute atomic E-state index is 5.87. The van der Waals surface area contributed by atoms with Crippen LogP contribution in [0.2, 0.25) is 0 Å². The molecule has 0 saturated heterocycles. The van der Waals surface area contributed by atoms with Crippen molar-refractivity contribution in [2.24, 2.45) is 16.6 Å². The van der Waals surface area contributed by atoms with Crippen LogP contribution in [0.4, 0.5) is 0 Å². The largest absolute Gasteiger partial charge is 0.370 e. The van der Waals surface area contributed by atoms with E-state index in [1.165, 1.54) is 24.8 Å². The zero-order valence-electron chi connectivity index (χ0n) is 11.1. The minimum Gasteiger partial charge on any atom is -0.370 e. The monoisotopic (exact) mass is 245 g/mol. The molecule has 0 heterocycles. The third kappa shape index (κ3) is 3.76. The fourth-order valence-corrected chi connectivity index (χ4v) is 2.12. The molecule has 3 nitrogen and oxygen atoms in total. The zero-order chi connectivity index (χ0) is 12.8. The molecule has 0 spiro atoms. The standard InChI is InChI=1S/C15H23N3/c1-12(14-8-3-2-4-9-14)10-17-15(16)18-11-13-6-5-7-13/h2-4,8-9,12-13H,5-7,10-11H2,1H3,(H3,16,17,18). The first kappa shape index (κ1) is 12.9. The van der Waals surface area contributed by atoms with E-state index in [0.717, 1.165) is 19.0 Å². The van der Waals surface area contributed by atoms with Gasteiger partial charge in [0, 0.05) is 19.0 Å². The van der Waals surface area contributed by atoms with Crippen molar-refractivity contribution in [1.82, 2.24) is 5.32 Å². The Hall–Kier alpha value is -1.51. The van der Waals surface area contributed by atoms with Gasteiger partial charge in [0.25, 0.3) is 0 Å². The molecule has 3 heteroatoms. The Morgan fingerprint density at radius 1 is 1.39 bits per heavy atom. The van der Waals surface area contributed by atoms with Gasteiger partial charge in [0.05, 0.1) is 0 Å². The number of guanidine groups is 1. The van der Waals surface area contributed by atoms with Gasteiger partial charge in [-0.1, -0.05) is 43.7 Å². The Kier molecular flexibility index (Phi) is 4.62. The number of nitrogens with two attached hydrogens (primary N) is 1. The Morgan fingerprint density at radius 2 is 2.11 bits per heavy atom. The molecule has 1 saturated carbocycles. The summed E-state index contributed by atoms with van der Waals surface area (Å²) in [6.07, 6.45) is 4.04. The summed E-state index contributed by atoms with van der Waals surface area (Å²) in [5.41, 5.74) is 7.18. The average Bonchev–Trinajstić information content (AvgIpc) is 2.35. The lowest BCUT2D eigenvalue weighted by Crippen LogP contribution is -2.37. The van der Waals surface area contributed by atoms with Gasteiger partial charge in [-0.15, -0.1) is 0 Å². The summed E-state index contributed by atoms with van der Waals surface area (Å²) in [6.45, 7) is 3.90. The van der Waals surface area contributed by atoms with E-state index < -0.39 is 0 Å². The van der Waals surface area contributed by atoms with E-state index in [2.05, 4.69) is 41.5 Å². The summed E-state index contributed by atoms with van der Waals surface area (Å²) in [6, 6.07) is 10.4. The first-order chi connectivity index (χ1) is 8.75. The van der Waals surface area contributed by atoms with Crippen molar-refractivity contribution in [2.45, 2.75) is 32.1 Å². The molecule has 1 atom stereocenters. The molecule has 0 amide bonds. The van der Waals surface area contributed by atoms with Crippen LogP contribution >= 0.6 is 0 Å². The summed E-state index contributed by atoms with van der Waals surface area (Å²) in [4.78, 5) is 4.41. The fraction of sp³-hybridized carbons (Fsp3) is 0.533. The normalized spacial score (nSPS) is 18.2. The molecule has 0 bridgehead atoms. The molecule has 3 N–H and O–H groups in total. The number of nitrogens with one attached hydrogen (secondary N) is 1. The number of benzene rings is 1. The number of nitrogens with zero attached hydrogens (tertiary/aromatic N) is 1. The lowest BCUT2D eigenvalue weighted by Gasteiger charge is -2.25. The van der Waals surface area contributed by atoms with Crippen LogP contribution in [-0.4, -0.2) is 19.0 Å². The topological polar surface area (TPSA) is 50.4 Å². The van der Waals surface area contributed by atoms with Gasteiger partial charge in [-0.2, -0.15) is 0 Å². The van der Waals surface area contributed by atoms with E-state index in [4.69, 9.17) is 5.73 Å². The van der Waals surface area contributed by atoms with Gasteiger partial charge in [0.1, 0.15) is 0 Å². The van der Waals surface area contributed by atoms with E-state index in [0.29, 0.717) is 11.9 Å². The summed E-state index contributed by atoms with van der Waals surface area (Å²) in [7, 11) is 0. The maximum atomic E-state index is 5.87. The highest BCUT2D eigenvalue weighted by Crippen LogP contribution is 2.25. The molecule has 1 aliphatic carbocycles. The third-order valence-electron chi connectivity index (χ3n) is 3.70. The third-order valence-corrected chi connectivity index (χ3v) is 3.70. The van der Waals surface area contributed by atoms with Crippen molar-refractivity contribution in [3.05, 3.63) is 35.9 Å². The van der Waals surface area contributed by atoms with E-state index in [1.54, 1.807) is 0 Å². The van der Waals surface area contributed by atoms with Gasteiger partial charge >= 0.3 is 0 Å². The molecule has 1 aromatic carbocycles. The number of hydrogen-bond donors (Lipinski definition) is 2. The van der Waals surface area contributed by atoms with Gasteiger partial charge in [0.15, 0.2) is 5.96 Å². The van der Waals surface area contributed by atoms with Crippen molar-refractivity contribution in [2.75, 3.05) is 13.1 Å². The number of hydrogen-bond acceptors (Lipinski definition) is 1. The highest BCUT2D eigenvalue weighted by Gasteiger charge is 2.16. The number of aliphatic imine (C=N–C) groups is 1. The summed E-state index contributed by atoms with van der Waals surface area (Å²) >= 11 is 0. The van der Waals surface area contributed by atoms with E-state index in [-0.39, 0.29) is 0 Å². The first-order valence-corrected chi connectivity index (χ1v) is 6.84. The van der Waals surface area contributed by atoms with Gasteiger partial charge in [0.2, 0.25) is 0 Å². The fourth-order valence-electron chi connectivity index (χ4n) is 2.12. The van der Waals surface area contributed by atoms with Crippen LogP contribution in [0, 0.1) is 5.92 Å². The van der Waals surface area contributed by atoms with Crippen molar-refractivity contribution < 1.29 is 0 Å². The molecule has 1 unspecified atom stereocenters. The highest BCUT2D eigenvalue weighted by molar-refractivity contribution is 5.77. The van der Waals surface area contributed by atoms with Crippen molar-refractivity contribution in [1.29, 1.82) is 0 Å². The summed E-state index contributed by atoms with van der Waals surface area (Å²) in [5.74, 6) is 1.81. The molecule has 98 valence electrons. The molecule has 18 heavy (non-hydrogen) atoms. The van der Waals surface area contributed by atoms with Crippen LogP contribution in [0.5, 0.6) is 0 Å². The molecule has 1 aliphatic rings. The molecule has 1 aromatic rings. The minimum atomic E-state index is 0.412. The van der Waals surface area contributed by atoms with Crippen LogP contribution in [-0.2, 0) is 0 Å². The Labute approximate surface area is 109 Å². The molecular weight excluding hydrogens is 222 g/mol. The van der Waals surface area contributed by atoms with Gasteiger partial charge in [-0.25, -0.2) is 0 Å². The molecule has 0 radical (unpaired) electrons. The Morgan fingerprint density at radius 3 is 2.72 bits per heavy atom. The predicted molar refractivity (Wildman–Crippen MR) is 76.7 cm³/mol. The smallest absolute Gasteiger partial charge is 0.188 e. The van der Waals surface area contributed by atoms with Gasteiger partial charge in [-0.3, -0.25) is 4.99 Å². The second-order valence-electron chi connectivity index (χ2n) is 5.22. The number of rotatable bonds is 5. The van der Waals surface area contributed by atoms with Crippen molar-refractivity contribution in [3.63, 3.8) is 0 Å². The second-order valence-corrected chi connectivity index (χ2v) is 5.22. The van der Waals surface area contributed by atoms with Crippen LogP contribution in [0.15, 0.2) is 35.3 Å². The van der Waals surface area contributed by atoms with Gasteiger partial charge < -0.3 is 11.1 Å². The van der Waals surface area contributed by atoms with Crippen LogP contribution in [0.1, 0.15) is 37.7 Å². The van der Waals surface area contributed by atoms with Crippen molar-refractivity contribution in [3.8, 4) is 0 Å². The van der Waals surface area contributed by atoms with E-state index in [9.17, 15) is 0 Å². The molecule has 2 rings (SSSR count). The minimum absolute atomic E-state index is 0.412. The SMILES string of the molecule is CC(CN=C(N)NCC1CCC1)c1ccccc1. The lowest BCUT2D eigenvalue weighted by molar-refractivity contribution is 0.315. The zero-order valence-corrected chi connectivity index (χ0v) is 11.1.